The summed E-state index contributed by atoms with van der Waals surface area (Å²) in [6.07, 6.45) is 0.231. The van der Waals surface area contributed by atoms with Crippen LogP contribution < -0.4 is 10.6 Å². The summed E-state index contributed by atoms with van der Waals surface area (Å²) in [7, 11) is 0. The van der Waals surface area contributed by atoms with Gasteiger partial charge in [-0.15, -0.1) is 0 Å². The van der Waals surface area contributed by atoms with Crippen molar-refractivity contribution in [3.05, 3.63) is 59.2 Å². The van der Waals surface area contributed by atoms with Crippen molar-refractivity contribution >= 4 is 35.0 Å². The Hall–Kier alpha value is -3.48. The molecule has 1 fully saturated rings. The van der Waals surface area contributed by atoms with Crippen LogP contribution in [0.3, 0.4) is 0 Å². The molecule has 0 bridgehead atoms. The third kappa shape index (κ3) is 2.87. The number of nitrogens with one attached hydrogen (secondary N) is 2. The monoisotopic (exact) mass is 363 g/mol. The normalized spacial score (nSPS) is 19.1. The fraction of sp³-hybridized carbons (Fsp3) is 0.200. The van der Waals surface area contributed by atoms with Gasteiger partial charge in [-0.25, -0.2) is 0 Å². The minimum atomic E-state index is -0.970. The van der Waals surface area contributed by atoms with E-state index >= 15 is 0 Å². The molecule has 4 rings (SSSR count). The molecule has 0 radical (unpaired) electrons. The maximum absolute atomic E-state index is 13.0. The maximum atomic E-state index is 13.0. The van der Waals surface area contributed by atoms with Crippen molar-refractivity contribution in [1.29, 1.82) is 0 Å². The third-order valence-corrected chi connectivity index (χ3v) is 4.80. The van der Waals surface area contributed by atoms with E-state index in [0.717, 1.165) is 16.2 Å². The number of imide groups is 2. The smallest absolute Gasteiger partial charge is 0.264 e. The van der Waals surface area contributed by atoms with Gasteiger partial charge in [-0.2, -0.15) is 0 Å². The summed E-state index contributed by atoms with van der Waals surface area (Å²) in [6.45, 7) is 1.98. The molecule has 2 N–H and O–H groups in total. The number of fused-ring (bicyclic) bond motifs is 1. The number of amides is 4. The molecule has 1 saturated heterocycles. The molecule has 1 atom stereocenters. The Morgan fingerprint density at radius 2 is 1.74 bits per heavy atom. The van der Waals surface area contributed by atoms with E-state index in [2.05, 4.69) is 10.6 Å². The average molecular weight is 363 g/mol. The molecular formula is C20H17N3O4. The number of anilines is 2. The minimum absolute atomic E-state index is 0.0955. The number of rotatable bonds is 3. The summed E-state index contributed by atoms with van der Waals surface area (Å²) < 4.78 is 0. The van der Waals surface area contributed by atoms with E-state index in [4.69, 9.17) is 0 Å². The number of nitrogens with zero attached hydrogens (tertiary/aromatic N) is 1. The molecule has 2 aliphatic heterocycles. The molecule has 4 amide bonds. The van der Waals surface area contributed by atoms with Gasteiger partial charge in [0.2, 0.25) is 11.8 Å². The van der Waals surface area contributed by atoms with E-state index in [1.54, 1.807) is 18.2 Å². The highest BCUT2D eigenvalue weighted by atomic mass is 16.2. The second kappa shape index (κ2) is 6.35. The molecule has 2 aromatic carbocycles. The Morgan fingerprint density at radius 1 is 1.00 bits per heavy atom. The highest BCUT2D eigenvalue weighted by Gasteiger charge is 2.45. The van der Waals surface area contributed by atoms with Gasteiger partial charge in [-0.3, -0.25) is 29.4 Å². The molecule has 2 heterocycles. The Kier molecular flexibility index (Phi) is 3.99. The summed E-state index contributed by atoms with van der Waals surface area (Å²) in [5.41, 5.74) is 2.89. The Balaban J connectivity index is 1.68. The summed E-state index contributed by atoms with van der Waals surface area (Å²) in [6, 6.07) is 11.7. The summed E-state index contributed by atoms with van der Waals surface area (Å²) in [4.78, 5) is 50.3. The molecule has 2 aromatic rings. The molecule has 7 heteroatoms. The van der Waals surface area contributed by atoms with Crippen molar-refractivity contribution in [2.75, 3.05) is 5.32 Å². The fourth-order valence-corrected chi connectivity index (χ4v) is 3.41. The van der Waals surface area contributed by atoms with Crippen LogP contribution in [0.25, 0.3) is 0 Å². The lowest BCUT2D eigenvalue weighted by atomic mass is 10.0. The lowest BCUT2D eigenvalue weighted by Gasteiger charge is -2.27. The van der Waals surface area contributed by atoms with Gasteiger partial charge in [0, 0.05) is 12.1 Å². The van der Waals surface area contributed by atoms with Gasteiger partial charge in [0.15, 0.2) is 0 Å². The molecule has 27 heavy (non-hydrogen) atoms. The molecule has 2 aliphatic rings. The van der Waals surface area contributed by atoms with Gasteiger partial charge in [0.25, 0.3) is 11.8 Å². The lowest BCUT2D eigenvalue weighted by Crippen LogP contribution is -2.54. The van der Waals surface area contributed by atoms with Crippen LogP contribution in [-0.4, -0.2) is 34.6 Å². The van der Waals surface area contributed by atoms with Gasteiger partial charge in [0.05, 0.1) is 16.8 Å². The van der Waals surface area contributed by atoms with E-state index < -0.39 is 29.7 Å². The van der Waals surface area contributed by atoms with E-state index in [1.807, 2.05) is 31.2 Å². The average Bonchev–Trinajstić information content (AvgIpc) is 2.89. The molecule has 7 nitrogen and oxygen atoms in total. The Morgan fingerprint density at radius 3 is 2.44 bits per heavy atom. The Labute approximate surface area is 155 Å². The van der Waals surface area contributed by atoms with Crippen molar-refractivity contribution < 1.29 is 19.2 Å². The van der Waals surface area contributed by atoms with Gasteiger partial charge in [0.1, 0.15) is 6.04 Å². The number of carbonyl (C=O) groups excluding carboxylic acids is 4. The molecule has 0 aliphatic carbocycles. The zero-order valence-corrected chi connectivity index (χ0v) is 14.6. The first-order chi connectivity index (χ1) is 13.0. The Bertz CT molecular complexity index is 981. The van der Waals surface area contributed by atoms with Crippen LogP contribution in [0, 0.1) is 6.92 Å². The number of hydrogen-bond acceptors (Lipinski definition) is 5. The topological polar surface area (TPSA) is 95.6 Å². The SMILES string of the molecule is Cc1ccc(Nc2cccc3c2C(=O)N(C2CCC(=O)NC2=O)C3=O)cc1. The fourth-order valence-electron chi connectivity index (χ4n) is 3.41. The molecule has 1 unspecified atom stereocenters. The van der Waals surface area contributed by atoms with Gasteiger partial charge >= 0.3 is 0 Å². The van der Waals surface area contributed by atoms with Gasteiger partial charge in [-0.1, -0.05) is 23.8 Å². The third-order valence-electron chi connectivity index (χ3n) is 4.80. The first kappa shape index (κ1) is 17.0. The van der Waals surface area contributed by atoms with Crippen LogP contribution in [0.4, 0.5) is 11.4 Å². The second-order valence-corrected chi connectivity index (χ2v) is 6.67. The van der Waals surface area contributed by atoms with Crippen molar-refractivity contribution in [2.24, 2.45) is 0 Å². The first-order valence-electron chi connectivity index (χ1n) is 8.64. The number of carbonyl (C=O) groups is 4. The standard InChI is InChI=1S/C20H17N3O4/c1-11-5-7-12(8-6-11)21-14-4-2-3-13-17(14)20(27)23(19(13)26)15-9-10-16(24)22-18(15)25/h2-8,15,21H,9-10H2,1H3,(H,22,24,25). The summed E-state index contributed by atoms with van der Waals surface area (Å²) in [5.74, 6) is -2.06. The summed E-state index contributed by atoms with van der Waals surface area (Å²) in [5, 5.41) is 5.36. The molecule has 0 spiro atoms. The van der Waals surface area contributed by atoms with Crippen LogP contribution >= 0.6 is 0 Å². The maximum Gasteiger partial charge on any atom is 0.264 e. The number of aryl methyl sites for hydroxylation is 1. The zero-order chi connectivity index (χ0) is 19.1. The van der Waals surface area contributed by atoms with Crippen LogP contribution in [0.15, 0.2) is 42.5 Å². The van der Waals surface area contributed by atoms with E-state index in [0.29, 0.717) is 5.69 Å². The van der Waals surface area contributed by atoms with E-state index in [1.165, 1.54) is 0 Å². The largest absolute Gasteiger partial charge is 0.355 e. The number of benzene rings is 2. The van der Waals surface area contributed by atoms with Gasteiger partial charge < -0.3 is 5.32 Å². The molecular weight excluding hydrogens is 346 g/mol. The molecule has 0 aromatic heterocycles. The van der Waals surface area contributed by atoms with Crippen molar-refractivity contribution in [3.8, 4) is 0 Å². The highest BCUT2D eigenvalue weighted by molar-refractivity contribution is 6.25. The first-order valence-corrected chi connectivity index (χ1v) is 8.64. The van der Waals surface area contributed by atoms with Crippen LogP contribution in [0.1, 0.15) is 39.1 Å². The lowest BCUT2D eigenvalue weighted by molar-refractivity contribution is -0.136. The van der Waals surface area contributed by atoms with Crippen molar-refractivity contribution in [3.63, 3.8) is 0 Å². The quantitative estimate of drug-likeness (QED) is 0.815. The van der Waals surface area contributed by atoms with Crippen molar-refractivity contribution in [2.45, 2.75) is 25.8 Å². The predicted molar refractivity (Wildman–Crippen MR) is 97.6 cm³/mol. The van der Waals surface area contributed by atoms with E-state index in [-0.39, 0.29) is 24.0 Å². The summed E-state index contributed by atoms with van der Waals surface area (Å²) >= 11 is 0. The number of hydrogen-bond donors (Lipinski definition) is 2. The number of piperidine rings is 1. The van der Waals surface area contributed by atoms with Crippen LogP contribution in [-0.2, 0) is 9.59 Å². The van der Waals surface area contributed by atoms with Crippen LogP contribution in [0.5, 0.6) is 0 Å². The second-order valence-electron chi connectivity index (χ2n) is 6.67. The predicted octanol–water partition coefficient (Wildman–Crippen LogP) is 2.14. The van der Waals surface area contributed by atoms with Crippen molar-refractivity contribution in [1.82, 2.24) is 10.2 Å². The highest BCUT2D eigenvalue weighted by Crippen LogP contribution is 2.33. The molecule has 0 saturated carbocycles. The zero-order valence-electron chi connectivity index (χ0n) is 14.6. The molecule has 136 valence electrons. The minimum Gasteiger partial charge on any atom is -0.355 e. The van der Waals surface area contributed by atoms with E-state index in [9.17, 15) is 19.2 Å². The van der Waals surface area contributed by atoms with Gasteiger partial charge in [-0.05, 0) is 37.6 Å². The van der Waals surface area contributed by atoms with Crippen LogP contribution in [0.2, 0.25) is 0 Å².